The molecule has 1 aromatic heterocycles. The SMILES string of the molecule is O=C(Nc1ccc(I)cc1)c1ccc(S(=O)(=O)N2CCCC2)o1. The van der Waals surface area contributed by atoms with Crippen LogP contribution in [0.25, 0.3) is 0 Å². The van der Waals surface area contributed by atoms with E-state index in [0.29, 0.717) is 18.8 Å². The Bertz CT molecular complexity index is 808. The van der Waals surface area contributed by atoms with Crippen molar-refractivity contribution in [2.24, 2.45) is 0 Å². The topological polar surface area (TPSA) is 79.6 Å². The third kappa shape index (κ3) is 3.59. The number of sulfonamides is 1. The molecule has 1 N–H and O–H groups in total. The number of halogens is 1. The Morgan fingerprint density at radius 1 is 1.09 bits per heavy atom. The van der Waals surface area contributed by atoms with Gasteiger partial charge in [0, 0.05) is 22.3 Å². The van der Waals surface area contributed by atoms with Gasteiger partial charge in [-0.25, -0.2) is 8.42 Å². The molecular weight excluding hydrogens is 431 g/mol. The van der Waals surface area contributed by atoms with E-state index in [1.807, 2.05) is 12.1 Å². The van der Waals surface area contributed by atoms with Crippen LogP contribution in [0, 0.1) is 3.57 Å². The molecule has 1 fully saturated rings. The number of carbonyl (C=O) groups excluding carboxylic acids is 1. The molecule has 0 unspecified atom stereocenters. The average Bonchev–Trinajstić information content (AvgIpc) is 3.21. The Morgan fingerprint density at radius 2 is 1.74 bits per heavy atom. The molecule has 0 radical (unpaired) electrons. The van der Waals surface area contributed by atoms with E-state index >= 15 is 0 Å². The van der Waals surface area contributed by atoms with E-state index in [1.165, 1.54) is 16.4 Å². The number of nitrogens with zero attached hydrogens (tertiary/aromatic N) is 1. The Hall–Kier alpha value is -1.39. The fraction of sp³-hybridized carbons (Fsp3) is 0.267. The van der Waals surface area contributed by atoms with Gasteiger partial charge in [-0.05, 0) is 71.8 Å². The lowest BCUT2D eigenvalue weighted by Gasteiger charge is -2.12. The summed E-state index contributed by atoms with van der Waals surface area (Å²) in [4.78, 5) is 12.1. The van der Waals surface area contributed by atoms with E-state index in [9.17, 15) is 13.2 Å². The van der Waals surface area contributed by atoms with Crippen LogP contribution in [-0.4, -0.2) is 31.7 Å². The molecule has 3 rings (SSSR count). The summed E-state index contributed by atoms with van der Waals surface area (Å²) in [6.07, 6.45) is 1.69. The molecule has 1 aliphatic rings. The molecule has 23 heavy (non-hydrogen) atoms. The molecule has 2 heterocycles. The first-order chi connectivity index (χ1) is 11.0. The van der Waals surface area contributed by atoms with Crippen LogP contribution in [-0.2, 0) is 10.0 Å². The van der Waals surface area contributed by atoms with Gasteiger partial charge in [-0.3, -0.25) is 4.79 Å². The molecule has 0 bridgehead atoms. The highest BCUT2D eigenvalue weighted by Gasteiger charge is 2.30. The Labute approximate surface area is 148 Å². The summed E-state index contributed by atoms with van der Waals surface area (Å²) in [6.45, 7) is 0.987. The first kappa shape index (κ1) is 16.5. The Kier molecular flexibility index (Phi) is 4.74. The molecule has 0 spiro atoms. The van der Waals surface area contributed by atoms with Gasteiger partial charge in [-0.2, -0.15) is 4.31 Å². The second kappa shape index (κ2) is 6.62. The third-order valence-corrected chi connectivity index (χ3v) is 6.06. The van der Waals surface area contributed by atoms with Gasteiger partial charge < -0.3 is 9.73 Å². The molecule has 1 amide bonds. The van der Waals surface area contributed by atoms with E-state index in [-0.39, 0.29) is 10.9 Å². The monoisotopic (exact) mass is 446 g/mol. The number of nitrogens with one attached hydrogen (secondary N) is 1. The summed E-state index contributed by atoms with van der Waals surface area (Å²) in [5, 5.41) is 2.49. The Morgan fingerprint density at radius 3 is 2.39 bits per heavy atom. The first-order valence-electron chi connectivity index (χ1n) is 7.14. The lowest BCUT2D eigenvalue weighted by molar-refractivity contribution is 0.0991. The van der Waals surface area contributed by atoms with Gasteiger partial charge in [-0.15, -0.1) is 0 Å². The number of benzene rings is 1. The van der Waals surface area contributed by atoms with Gasteiger partial charge in [0.15, 0.2) is 5.76 Å². The van der Waals surface area contributed by atoms with Crippen molar-refractivity contribution in [3.8, 4) is 0 Å². The molecule has 6 nitrogen and oxygen atoms in total. The van der Waals surface area contributed by atoms with E-state index < -0.39 is 15.9 Å². The van der Waals surface area contributed by atoms with Gasteiger partial charge in [0.25, 0.3) is 15.9 Å². The van der Waals surface area contributed by atoms with Gasteiger partial charge in [-0.1, -0.05) is 0 Å². The zero-order valence-corrected chi connectivity index (χ0v) is 15.1. The van der Waals surface area contributed by atoms with Gasteiger partial charge >= 0.3 is 0 Å². The first-order valence-corrected chi connectivity index (χ1v) is 9.65. The number of amides is 1. The highest BCUT2D eigenvalue weighted by Crippen LogP contribution is 2.23. The number of carbonyl (C=O) groups is 1. The molecule has 1 aliphatic heterocycles. The highest BCUT2D eigenvalue weighted by molar-refractivity contribution is 14.1. The molecule has 1 saturated heterocycles. The molecule has 0 aliphatic carbocycles. The number of furan rings is 1. The maximum absolute atomic E-state index is 12.4. The van der Waals surface area contributed by atoms with E-state index in [2.05, 4.69) is 27.9 Å². The molecule has 0 saturated carbocycles. The van der Waals surface area contributed by atoms with Crippen LogP contribution < -0.4 is 5.32 Å². The van der Waals surface area contributed by atoms with Crippen molar-refractivity contribution >= 4 is 44.2 Å². The van der Waals surface area contributed by atoms with Crippen LogP contribution in [0.2, 0.25) is 0 Å². The van der Waals surface area contributed by atoms with Crippen LogP contribution in [0.4, 0.5) is 5.69 Å². The normalized spacial score (nSPS) is 15.7. The van der Waals surface area contributed by atoms with Gasteiger partial charge in [0.1, 0.15) is 0 Å². The summed E-state index contributed by atoms with van der Waals surface area (Å²) >= 11 is 2.17. The van der Waals surface area contributed by atoms with Crippen molar-refractivity contribution in [2.75, 3.05) is 18.4 Å². The highest BCUT2D eigenvalue weighted by atomic mass is 127. The van der Waals surface area contributed by atoms with Crippen molar-refractivity contribution in [2.45, 2.75) is 17.9 Å². The summed E-state index contributed by atoms with van der Waals surface area (Å²) in [7, 11) is -3.64. The molecule has 0 atom stereocenters. The minimum atomic E-state index is -3.64. The summed E-state index contributed by atoms with van der Waals surface area (Å²) in [6, 6.07) is 9.97. The molecular formula is C15H15IN2O4S. The van der Waals surface area contributed by atoms with E-state index in [0.717, 1.165) is 16.4 Å². The third-order valence-electron chi connectivity index (χ3n) is 3.57. The standard InChI is InChI=1S/C15H15IN2O4S/c16-11-3-5-12(6-4-11)17-15(19)13-7-8-14(22-13)23(20,21)18-9-1-2-10-18/h3-8H,1-2,9-10H2,(H,17,19). The molecule has 8 heteroatoms. The number of hydrogen-bond donors (Lipinski definition) is 1. The minimum Gasteiger partial charge on any atom is -0.438 e. The van der Waals surface area contributed by atoms with Crippen LogP contribution >= 0.6 is 22.6 Å². The Balaban J connectivity index is 1.76. The van der Waals surface area contributed by atoms with Crippen molar-refractivity contribution in [1.82, 2.24) is 4.31 Å². The second-order valence-corrected chi connectivity index (χ2v) is 8.31. The summed E-state index contributed by atoms with van der Waals surface area (Å²) in [5.74, 6) is -0.504. The fourth-order valence-corrected chi connectivity index (χ4v) is 4.15. The van der Waals surface area contributed by atoms with Crippen molar-refractivity contribution in [1.29, 1.82) is 0 Å². The van der Waals surface area contributed by atoms with Crippen LogP contribution in [0.1, 0.15) is 23.4 Å². The molecule has 2 aromatic rings. The van der Waals surface area contributed by atoms with Crippen molar-refractivity contribution < 1.29 is 17.6 Å². The second-order valence-electron chi connectivity index (χ2n) is 5.19. The maximum Gasteiger partial charge on any atom is 0.291 e. The van der Waals surface area contributed by atoms with Gasteiger partial charge in [0.2, 0.25) is 5.09 Å². The number of anilines is 1. The minimum absolute atomic E-state index is 0.0266. The fourth-order valence-electron chi connectivity index (χ4n) is 2.36. The van der Waals surface area contributed by atoms with Gasteiger partial charge in [0.05, 0.1) is 0 Å². The zero-order valence-electron chi connectivity index (χ0n) is 12.2. The lowest BCUT2D eigenvalue weighted by atomic mass is 10.3. The van der Waals surface area contributed by atoms with Crippen LogP contribution in [0.5, 0.6) is 0 Å². The van der Waals surface area contributed by atoms with Crippen LogP contribution in [0.3, 0.4) is 0 Å². The summed E-state index contributed by atoms with van der Waals surface area (Å²) < 4.78 is 32.4. The number of rotatable bonds is 4. The largest absolute Gasteiger partial charge is 0.438 e. The quantitative estimate of drug-likeness (QED) is 0.733. The van der Waals surface area contributed by atoms with Crippen molar-refractivity contribution in [3.63, 3.8) is 0 Å². The predicted molar refractivity (Wildman–Crippen MR) is 93.8 cm³/mol. The lowest BCUT2D eigenvalue weighted by Crippen LogP contribution is -2.27. The smallest absolute Gasteiger partial charge is 0.291 e. The average molecular weight is 446 g/mol. The van der Waals surface area contributed by atoms with Crippen LogP contribution in [0.15, 0.2) is 45.9 Å². The zero-order chi connectivity index (χ0) is 16.4. The molecule has 1 aromatic carbocycles. The molecule has 122 valence electrons. The van der Waals surface area contributed by atoms with E-state index in [1.54, 1.807) is 12.1 Å². The summed E-state index contributed by atoms with van der Waals surface area (Å²) in [5.41, 5.74) is 0.621. The maximum atomic E-state index is 12.4. The van der Waals surface area contributed by atoms with E-state index in [4.69, 9.17) is 4.42 Å². The predicted octanol–water partition coefficient (Wildman–Crippen LogP) is 2.92. The van der Waals surface area contributed by atoms with Crippen molar-refractivity contribution in [3.05, 3.63) is 45.7 Å². The number of hydrogen-bond acceptors (Lipinski definition) is 4.